The lowest BCUT2D eigenvalue weighted by molar-refractivity contribution is -0.146. The average Bonchev–Trinajstić information content (AvgIpc) is 1.75. The fraction of sp³-hybridized carbons (Fsp3) is 0.587. The number of hydrogen-bond donors (Lipinski definition) is 1. The molecule has 454 valence electrons. The lowest BCUT2D eigenvalue weighted by atomic mass is 9.76. The van der Waals surface area contributed by atoms with Gasteiger partial charge in [-0.15, -0.1) is 11.3 Å². The predicted molar refractivity (Wildman–Crippen MR) is 320 cm³/mol. The zero-order valence-corrected chi connectivity index (χ0v) is 50.6. The minimum absolute atomic E-state index is 0.0132. The third-order valence-electron chi connectivity index (χ3n) is 16.3. The quantitative estimate of drug-likeness (QED) is 0.0343. The first kappa shape index (κ1) is 63.8. The number of aryl methyl sites for hydroxylation is 3. The Morgan fingerprint density at radius 1 is 0.762 bits per heavy atom. The van der Waals surface area contributed by atoms with Crippen LogP contribution in [0, 0.1) is 25.2 Å². The first-order valence-electron chi connectivity index (χ1n) is 29.8. The molecule has 3 fully saturated rings. The van der Waals surface area contributed by atoms with Crippen molar-refractivity contribution >= 4 is 57.2 Å². The molecule has 4 aromatic heterocycles. The van der Waals surface area contributed by atoms with Crippen LogP contribution >= 0.6 is 11.3 Å². The van der Waals surface area contributed by atoms with Gasteiger partial charge in [-0.3, -0.25) is 38.3 Å². The zero-order valence-electron chi connectivity index (χ0n) is 49.8. The number of piperazine rings is 1. The van der Waals surface area contributed by atoms with Gasteiger partial charge in [0.25, 0.3) is 5.56 Å². The van der Waals surface area contributed by atoms with Gasteiger partial charge in [0, 0.05) is 87.6 Å². The zero-order chi connectivity index (χ0) is 59.8. The van der Waals surface area contributed by atoms with Crippen LogP contribution in [-0.4, -0.2) is 180 Å². The minimum atomic E-state index is -0.803. The Balaban J connectivity index is 0.622. The van der Waals surface area contributed by atoms with E-state index in [4.69, 9.17) is 33.7 Å². The van der Waals surface area contributed by atoms with Crippen molar-refractivity contribution in [3.05, 3.63) is 98.6 Å². The van der Waals surface area contributed by atoms with E-state index in [0.717, 1.165) is 64.1 Å². The Kier molecular flexibility index (Phi) is 23.4. The smallest absolute Gasteiger partial charge is 0.263 e. The van der Waals surface area contributed by atoms with Crippen LogP contribution in [0.15, 0.2) is 59.1 Å². The molecular weight excluding hydrogens is 1090 g/mol. The number of Topliss-reactive ketones (excluding diaryl/α,β-unsaturated/α-hetero) is 3. The van der Waals surface area contributed by atoms with Gasteiger partial charge in [0.2, 0.25) is 11.8 Å². The standard InChI is InChI=1S/C63H84N8O12S/c1-42-52-39-65-56(67-60(52)71(48-9-7-8-10-48)62(78)58(42)44(3)72)35-47-16-17-49(38-64-47)68-21-23-69(24-22-68)57(76)20-26-80-28-30-82-32-34-83-33-31-81-29-27-79-25-19-50(73)36-53(63(4,5)6)61(77)70-40-51(74)37-54(70)55(75)18-13-45-11-14-46(15-12-45)59-43(2)66-41-84-59/h11-12,14-17,38-39,41,48,51,53-54,74H,7-10,13,18-37,40H2,1-6H3/t51-,53-,54+/m1/s1. The summed E-state index contributed by atoms with van der Waals surface area (Å²) in [6.07, 6.45) is 8.40. The summed E-state index contributed by atoms with van der Waals surface area (Å²) in [5.74, 6) is -0.768. The molecular formula is C63H84N8O12S. The topological polar surface area (TPSA) is 235 Å². The lowest BCUT2D eigenvalue weighted by Gasteiger charge is -2.36. The molecule has 8 rings (SSSR count). The third kappa shape index (κ3) is 17.2. The Labute approximate surface area is 496 Å². The number of aliphatic hydroxyl groups excluding tert-OH is 1. The van der Waals surface area contributed by atoms with Gasteiger partial charge in [0.1, 0.15) is 17.3 Å². The number of amides is 2. The van der Waals surface area contributed by atoms with Crippen molar-refractivity contribution in [1.29, 1.82) is 0 Å². The number of ether oxygens (including phenoxy) is 5. The summed E-state index contributed by atoms with van der Waals surface area (Å²) in [6, 6.07) is 11.4. The maximum absolute atomic E-state index is 14.1. The van der Waals surface area contributed by atoms with E-state index in [-0.39, 0.29) is 85.2 Å². The van der Waals surface area contributed by atoms with Gasteiger partial charge in [-0.2, -0.15) is 0 Å². The lowest BCUT2D eigenvalue weighted by Crippen LogP contribution is -2.49. The van der Waals surface area contributed by atoms with Crippen LogP contribution in [-0.2, 0) is 55.7 Å². The number of rotatable bonds is 31. The van der Waals surface area contributed by atoms with Crippen LogP contribution in [0.4, 0.5) is 5.69 Å². The fourth-order valence-corrected chi connectivity index (χ4v) is 12.2. The van der Waals surface area contributed by atoms with Crippen LogP contribution in [0.1, 0.15) is 130 Å². The second-order valence-corrected chi connectivity index (χ2v) is 24.1. The number of nitrogens with zero attached hydrogens (tertiary/aromatic N) is 8. The normalized spacial score (nSPS) is 17.2. The fourth-order valence-electron chi connectivity index (χ4n) is 11.4. The summed E-state index contributed by atoms with van der Waals surface area (Å²) in [5.41, 5.74) is 7.27. The number of hydrogen-bond acceptors (Lipinski definition) is 18. The maximum atomic E-state index is 14.1. The Hall–Kier alpha value is -6.20. The summed E-state index contributed by atoms with van der Waals surface area (Å²) in [6.45, 7) is 17.0. The van der Waals surface area contributed by atoms with Crippen molar-refractivity contribution < 1.29 is 52.8 Å². The highest BCUT2D eigenvalue weighted by Gasteiger charge is 2.44. The second kappa shape index (κ2) is 30.7. The molecule has 1 aromatic carbocycles. The van der Waals surface area contributed by atoms with Gasteiger partial charge in [0.05, 0.1) is 125 Å². The van der Waals surface area contributed by atoms with Crippen LogP contribution in [0.3, 0.4) is 0 Å². The van der Waals surface area contributed by atoms with Crippen LogP contribution < -0.4 is 10.5 Å². The molecule has 2 saturated heterocycles. The molecule has 1 aliphatic carbocycles. The summed E-state index contributed by atoms with van der Waals surface area (Å²) in [5, 5.41) is 11.3. The molecule has 2 amide bonds. The maximum Gasteiger partial charge on any atom is 0.263 e. The highest BCUT2D eigenvalue weighted by molar-refractivity contribution is 7.13. The van der Waals surface area contributed by atoms with E-state index in [0.29, 0.717) is 122 Å². The number of carbonyl (C=O) groups excluding carboxylic acids is 5. The van der Waals surface area contributed by atoms with Crippen LogP contribution in [0.5, 0.6) is 0 Å². The van der Waals surface area contributed by atoms with E-state index in [9.17, 15) is 33.9 Å². The van der Waals surface area contributed by atoms with Crippen molar-refractivity contribution in [2.24, 2.45) is 11.3 Å². The molecule has 1 N–H and O–H groups in total. The van der Waals surface area contributed by atoms with Gasteiger partial charge < -0.3 is 43.5 Å². The van der Waals surface area contributed by atoms with Crippen LogP contribution in [0.25, 0.3) is 21.5 Å². The van der Waals surface area contributed by atoms with E-state index in [1.165, 1.54) is 11.8 Å². The molecule has 3 aliphatic rings. The van der Waals surface area contributed by atoms with Crippen molar-refractivity contribution in [2.45, 2.75) is 130 Å². The molecule has 1 saturated carbocycles. The molecule has 0 unspecified atom stereocenters. The number of thiazole rings is 1. The van der Waals surface area contributed by atoms with Gasteiger partial charge >= 0.3 is 0 Å². The number of fused-ring (bicyclic) bond motifs is 1. The van der Waals surface area contributed by atoms with E-state index >= 15 is 0 Å². The number of aliphatic hydroxyl groups is 1. The first-order valence-corrected chi connectivity index (χ1v) is 30.6. The molecule has 2 aliphatic heterocycles. The Morgan fingerprint density at radius 3 is 1.98 bits per heavy atom. The summed E-state index contributed by atoms with van der Waals surface area (Å²) in [7, 11) is 0. The summed E-state index contributed by atoms with van der Waals surface area (Å²) >= 11 is 1.59. The molecule has 20 nitrogen and oxygen atoms in total. The molecule has 5 aromatic rings. The van der Waals surface area contributed by atoms with Gasteiger partial charge in [-0.05, 0) is 74.3 Å². The number of likely N-dealkylation sites (tertiary alicyclic amines) is 1. The Bertz CT molecular complexity index is 3070. The average molecular weight is 1180 g/mol. The summed E-state index contributed by atoms with van der Waals surface area (Å²) < 4.78 is 29.9. The number of ketones is 3. The molecule has 0 bridgehead atoms. The number of carbonyl (C=O) groups is 5. The van der Waals surface area contributed by atoms with E-state index in [1.807, 2.05) is 80.7 Å². The highest BCUT2D eigenvalue weighted by Crippen LogP contribution is 2.35. The number of benzene rings is 1. The van der Waals surface area contributed by atoms with Gasteiger partial charge in [-0.1, -0.05) is 57.9 Å². The number of β-amino-alcohol motifs (C(OH)–C–C–N with tert-alkyl or cyclic N) is 1. The largest absolute Gasteiger partial charge is 0.391 e. The first-order chi connectivity index (χ1) is 40.5. The molecule has 6 heterocycles. The third-order valence-corrected chi connectivity index (χ3v) is 17.2. The predicted octanol–water partition coefficient (Wildman–Crippen LogP) is 7.13. The molecule has 3 atom stereocenters. The van der Waals surface area contributed by atoms with Gasteiger partial charge in [0.15, 0.2) is 11.6 Å². The van der Waals surface area contributed by atoms with Crippen molar-refractivity contribution in [3.63, 3.8) is 0 Å². The van der Waals surface area contributed by atoms with Crippen molar-refractivity contribution in [2.75, 3.05) is 104 Å². The number of anilines is 1. The minimum Gasteiger partial charge on any atom is -0.391 e. The van der Waals surface area contributed by atoms with Crippen molar-refractivity contribution in [3.8, 4) is 10.4 Å². The highest BCUT2D eigenvalue weighted by atomic mass is 32.1. The van der Waals surface area contributed by atoms with E-state index in [1.54, 1.807) is 29.0 Å². The molecule has 84 heavy (non-hydrogen) atoms. The molecule has 21 heteroatoms. The Morgan fingerprint density at radius 2 is 1.39 bits per heavy atom. The number of aromatic nitrogens is 5. The molecule has 0 radical (unpaired) electrons. The SMILES string of the molecule is CC(=O)c1c(C)c2cnc(Cc3ccc(N4CCN(C(=O)CCOCCOCCOCCOCCOCCC(=O)C[C@H](C(=O)N5C[C@H](O)C[C@H]5C(=O)CCc5ccc(-c6scnc6C)cc5)C(C)(C)C)CC4)cn3)nc2n(C2CCCC2)c1=O. The van der Waals surface area contributed by atoms with Gasteiger partial charge in [-0.25, -0.2) is 15.0 Å². The van der Waals surface area contributed by atoms with E-state index < -0.39 is 23.5 Å². The van der Waals surface area contributed by atoms with E-state index in [2.05, 4.69) is 14.9 Å². The molecule has 0 spiro atoms. The second-order valence-electron chi connectivity index (χ2n) is 23.3. The van der Waals surface area contributed by atoms with Crippen LogP contribution in [0.2, 0.25) is 0 Å². The summed E-state index contributed by atoms with van der Waals surface area (Å²) in [4.78, 5) is 105. The monoisotopic (exact) mass is 1180 g/mol. The number of pyridine rings is 2. The van der Waals surface area contributed by atoms with Crippen molar-refractivity contribution in [1.82, 2.24) is 34.3 Å².